The first-order valence-electron chi connectivity index (χ1n) is 11.4. The van der Waals surface area contributed by atoms with Crippen LogP contribution in [0.15, 0.2) is 35.1 Å². The second-order valence-electron chi connectivity index (χ2n) is 8.24. The first-order valence-corrected chi connectivity index (χ1v) is 11.4. The van der Waals surface area contributed by atoms with Crippen LogP contribution in [0.4, 0.5) is 0 Å². The van der Waals surface area contributed by atoms with E-state index in [9.17, 15) is 14.7 Å². The van der Waals surface area contributed by atoms with Gasteiger partial charge in [-0.15, -0.1) is 0 Å². The van der Waals surface area contributed by atoms with Gasteiger partial charge >= 0.3 is 5.97 Å². The van der Waals surface area contributed by atoms with E-state index in [2.05, 4.69) is 4.90 Å². The second kappa shape index (κ2) is 11.3. The molecule has 8 nitrogen and oxygen atoms in total. The average molecular weight is 459 g/mol. The fraction of sp³-hybridized carbons (Fsp3) is 0.520. The fourth-order valence-corrected chi connectivity index (χ4v) is 4.57. The highest BCUT2D eigenvalue weighted by Gasteiger charge is 2.35. The average Bonchev–Trinajstić information content (AvgIpc) is 2.82. The van der Waals surface area contributed by atoms with Crippen molar-refractivity contribution in [2.45, 2.75) is 39.3 Å². The summed E-state index contributed by atoms with van der Waals surface area (Å²) in [6.45, 7) is 5.89. The Morgan fingerprint density at radius 1 is 1.21 bits per heavy atom. The van der Waals surface area contributed by atoms with Gasteiger partial charge in [0.05, 0.1) is 37.8 Å². The molecule has 1 N–H and O–H groups in total. The molecule has 0 aliphatic carbocycles. The van der Waals surface area contributed by atoms with Gasteiger partial charge in [0.25, 0.3) is 5.56 Å². The highest BCUT2D eigenvalue weighted by atomic mass is 16.5. The highest BCUT2D eigenvalue weighted by molar-refractivity contribution is 5.72. The number of ether oxygens (including phenoxy) is 3. The predicted octanol–water partition coefficient (Wildman–Crippen LogP) is 2.88. The summed E-state index contributed by atoms with van der Waals surface area (Å²) in [4.78, 5) is 28.0. The van der Waals surface area contributed by atoms with E-state index in [1.807, 2.05) is 24.3 Å². The first-order chi connectivity index (χ1) is 15.9. The van der Waals surface area contributed by atoms with Crippen LogP contribution in [0, 0.1) is 12.8 Å². The van der Waals surface area contributed by atoms with Gasteiger partial charge in [0, 0.05) is 24.9 Å². The summed E-state index contributed by atoms with van der Waals surface area (Å²) >= 11 is 0. The normalized spacial score (nSPS) is 15.9. The number of likely N-dealkylation sites (tertiary alicyclic amines) is 1. The zero-order chi connectivity index (χ0) is 24.0. The third-order valence-corrected chi connectivity index (χ3v) is 6.26. The van der Waals surface area contributed by atoms with E-state index < -0.39 is 6.04 Å². The van der Waals surface area contributed by atoms with Crippen molar-refractivity contribution >= 4 is 5.97 Å². The van der Waals surface area contributed by atoms with E-state index >= 15 is 0 Å². The number of aromatic nitrogens is 1. The molecule has 1 saturated heterocycles. The van der Waals surface area contributed by atoms with Crippen LogP contribution in [0.3, 0.4) is 0 Å². The Morgan fingerprint density at radius 2 is 1.91 bits per heavy atom. The molecule has 180 valence electrons. The molecular weight excluding hydrogens is 424 g/mol. The molecule has 8 heteroatoms. The van der Waals surface area contributed by atoms with Gasteiger partial charge < -0.3 is 23.9 Å². The number of carbonyl (C=O) groups is 1. The number of piperidine rings is 1. The van der Waals surface area contributed by atoms with Crippen LogP contribution in [0.1, 0.15) is 42.6 Å². The standard InChI is InChI=1S/C25H34N2O6/c1-5-33-25(30)18-10-12-26(13-11-18)23(19-8-6-7-9-21(19)32-4)22-20(28)16-17(2)27(24(22)29)14-15-31-3/h6-9,16,18,23,28H,5,10-15H2,1-4H3/t23-/m0/s1. The summed E-state index contributed by atoms with van der Waals surface area (Å²) in [5.74, 6) is 0.253. The molecule has 1 atom stereocenters. The highest BCUT2D eigenvalue weighted by Crippen LogP contribution is 2.39. The Kier molecular flexibility index (Phi) is 8.52. The Bertz CT molecular complexity index is 1010. The molecule has 1 aromatic carbocycles. The number of nitrogens with zero attached hydrogens (tertiary/aromatic N) is 2. The van der Waals surface area contributed by atoms with E-state index in [4.69, 9.17) is 14.2 Å². The minimum Gasteiger partial charge on any atom is -0.507 e. The zero-order valence-electron chi connectivity index (χ0n) is 19.9. The molecule has 0 unspecified atom stereocenters. The lowest BCUT2D eigenvalue weighted by Gasteiger charge is -2.37. The van der Waals surface area contributed by atoms with Crippen molar-refractivity contribution in [1.29, 1.82) is 0 Å². The lowest BCUT2D eigenvalue weighted by Crippen LogP contribution is -2.42. The number of rotatable bonds is 9. The number of benzene rings is 1. The molecule has 0 amide bonds. The molecule has 2 heterocycles. The Morgan fingerprint density at radius 3 is 2.55 bits per heavy atom. The van der Waals surface area contributed by atoms with Crippen LogP contribution in [0.2, 0.25) is 0 Å². The van der Waals surface area contributed by atoms with Gasteiger partial charge in [-0.2, -0.15) is 0 Å². The minimum absolute atomic E-state index is 0.0467. The summed E-state index contributed by atoms with van der Waals surface area (Å²) in [6, 6.07) is 8.64. The van der Waals surface area contributed by atoms with Crippen molar-refractivity contribution in [3.63, 3.8) is 0 Å². The van der Waals surface area contributed by atoms with Crippen LogP contribution < -0.4 is 10.3 Å². The molecule has 2 aromatic rings. The lowest BCUT2D eigenvalue weighted by atomic mass is 9.90. The number of methoxy groups -OCH3 is 2. The number of hydrogen-bond acceptors (Lipinski definition) is 7. The molecule has 0 spiro atoms. The summed E-state index contributed by atoms with van der Waals surface area (Å²) in [6.07, 6.45) is 1.24. The topological polar surface area (TPSA) is 90.2 Å². The summed E-state index contributed by atoms with van der Waals surface area (Å²) in [5, 5.41) is 11.0. The first kappa shape index (κ1) is 24.8. The molecule has 1 fully saturated rings. The van der Waals surface area contributed by atoms with Crippen molar-refractivity contribution in [3.8, 4) is 11.5 Å². The van der Waals surface area contributed by atoms with E-state index in [-0.39, 0.29) is 23.2 Å². The smallest absolute Gasteiger partial charge is 0.309 e. The third kappa shape index (κ3) is 5.39. The van der Waals surface area contributed by atoms with Crippen LogP contribution in [-0.2, 0) is 20.8 Å². The number of carbonyl (C=O) groups excluding carboxylic acids is 1. The van der Waals surface area contributed by atoms with Crippen molar-refractivity contribution in [1.82, 2.24) is 9.47 Å². The van der Waals surface area contributed by atoms with Crippen molar-refractivity contribution < 1.29 is 24.1 Å². The third-order valence-electron chi connectivity index (χ3n) is 6.26. The number of esters is 1. The maximum Gasteiger partial charge on any atom is 0.309 e. The number of para-hydroxylation sites is 1. The monoisotopic (exact) mass is 458 g/mol. The van der Waals surface area contributed by atoms with Crippen LogP contribution in [0.5, 0.6) is 11.5 Å². The fourth-order valence-electron chi connectivity index (χ4n) is 4.57. The van der Waals surface area contributed by atoms with Gasteiger partial charge in [0.2, 0.25) is 0 Å². The Hall–Kier alpha value is -2.84. The Balaban J connectivity index is 2.07. The van der Waals surface area contributed by atoms with Crippen LogP contribution in [0.25, 0.3) is 0 Å². The van der Waals surface area contributed by atoms with Gasteiger partial charge in [0.1, 0.15) is 11.5 Å². The van der Waals surface area contributed by atoms with Gasteiger partial charge in [-0.3, -0.25) is 14.5 Å². The molecule has 0 radical (unpaired) electrons. The van der Waals surface area contributed by atoms with Crippen molar-refractivity contribution in [2.24, 2.45) is 5.92 Å². The Labute approximate surface area is 194 Å². The summed E-state index contributed by atoms with van der Waals surface area (Å²) < 4.78 is 17.6. The van der Waals surface area contributed by atoms with Crippen LogP contribution in [-0.4, -0.2) is 61.1 Å². The summed E-state index contributed by atoms with van der Waals surface area (Å²) in [7, 11) is 3.18. The number of aromatic hydroxyl groups is 1. The van der Waals surface area contributed by atoms with E-state index in [1.165, 1.54) is 0 Å². The predicted molar refractivity (Wildman–Crippen MR) is 125 cm³/mol. The van der Waals surface area contributed by atoms with Crippen molar-refractivity contribution in [3.05, 3.63) is 57.5 Å². The van der Waals surface area contributed by atoms with Crippen molar-refractivity contribution in [2.75, 3.05) is 40.5 Å². The maximum absolute atomic E-state index is 13.6. The minimum atomic E-state index is -0.522. The van der Waals surface area contributed by atoms with E-state index in [1.54, 1.807) is 38.7 Å². The molecule has 33 heavy (non-hydrogen) atoms. The largest absolute Gasteiger partial charge is 0.507 e. The van der Waals surface area contributed by atoms with Crippen LogP contribution >= 0.6 is 0 Å². The maximum atomic E-state index is 13.6. The molecular formula is C25H34N2O6. The SMILES string of the molecule is CCOC(=O)C1CCN([C@@H](c2ccccc2OC)c2c(O)cc(C)n(CCOC)c2=O)CC1. The van der Waals surface area contributed by atoms with Gasteiger partial charge in [-0.1, -0.05) is 18.2 Å². The van der Waals surface area contributed by atoms with Gasteiger partial charge in [0.15, 0.2) is 0 Å². The molecule has 0 saturated carbocycles. The lowest BCUT2D eigenvalue weighted by molar-refractivity contribution is -0.149. The number of aryl methyl sites for hydroxylation is 1. The second-order valence-corrected chi connectivity index (χ2v) is 8.24. The molecule has 1 aliphatic heterocycles. The zero-order valence-corrected chi connectivity index (χ0v) is 19.9. The molecule has 0 bridgehead atoms. The molecule has 1 aromatic heterocycles. The molecule has 1 aliphatic rings. The van der Waals surface area contributed by atoms with Gasteiger partial charge in [-0.25, -0.2) is 0 Å². The van der Waals surface area contributed by atoms with E-state index in [0.29, 0.717) is 62.7 Å². The number of hydrogen-bond donors (Lipinski definition) is 1. The van der Waals surface area contributed by atoms with Gasteiger partial charge in [-0.05, 0) is 51.9 Å². The number of pyridine rings is 1. The quantitative estimate of drug-likeness (QED) is 0.578. The summed E-state index contributed by atoms with van der Waals surface area (Å²) in [5.41, 5.74) is 1.51. The molecule has 3 rings (SSSR count). The van der Waals surface area contributed by atoms with E-state index in [0.717, 1.165) is 5.56 Å².